The summed E-state index contributed by atoms with van der Waals surface area (Å²) in [7, 11) is 0. The van der Waals surface area contributed by atoms with Gasteiger partial charge in [-0.3, -0.25) is 4.79 Å². The Morgan fingerprint density at radius 3 is 2.60 bits per heavy atom. The van der Waals surface area contributed by atoms with Crippen LogP contribution < -0.4 is 0 Å². The second kappa shape index (κ2) is 6.41. The van der Waals surface area contributed by atoms with Gasteiger partial charge in [0.2, 0.25) is 0 Å². The molecular weight excluding hydrogens is 258 g/mol. The van der Waals surface area contributed by atoms with Crippen molar-refractivity contribution in [3.63, 3.8) is 0 Å². The first kappa shape index (κ1) is 15.7. The van der Waals surface area contributed by atoms with E-state index in [1.165, 1.54) is 0 Å². The number of hydrogen-bond donors (Lipinski definition) is 1. The number of rotatable bonds is 5. The van der Waals surface area contributed by atoms with Gasteiger partial charge < -0.3 is 19.5 Å². The fraction of sp³-hybridized carbons (Fsp3) is 0.933. The maximum Gasteiger partial charge on any atom is 0.303 e. The maximum atomic E-state index is 10.6. The highest BCUT2D eigenvalue weighted by Crippen LogP contribution is 2.38. The minimum absolute atomic E-state index is 0.0702. The molecule has 116 valence electrons. The topological polar surface area (TPSA) is 59.0 Å². The second-order valence-electron chi connectivity index (χ2n) is 6.40. The lowest BCUT2D eigenvalue weighted by atomic mass is 9.89. The Balaban J connectivity index is 1.82. The van der Waals surface area contributed by atoms with Crippen molar-refractivity contribution in [3.8, 4) is 0 Å². The van der Waals surface area contributed by atoms with Crippen molar-refractivity contribution in [1.29, 1.82) is 0 Å². The van der Waals surface area contributed by atoms with E-state index in [4.69, 9.17) is 14.6 Å². The van der Waals surface area contributed by atoms with Crippen molar-refractivity contribution in [3.05, 3.63) is 0 Å². The Bertz CT molecular complexity index is 339. The highest BCUT2D eigenvalue weighted by atomic mass is 16.7. The van der Waals surface area contributed by atoms with Gasteiger partial charge in [0.1, 0.15) is 0 Å². The summed E-state index contributed by atoms with van der Waals surface area (Å²) in [6, 6.07) is 0.595. The molecule has 2 atom stereocenters. The van der Waals surface area contributed by atoms with Crippen LogP contribution in [0, 0.1) is 5.92 Å². The van der Waals surface area contributed by atoms with E-state index in [0.29, 0.717) is 25.0 Å². The largest absolute Gasteiger partial charge is 0.481 e. The average Bonchev–Trinajstić information content (AvgIpc) is 2.80. The van der Waals surface area contributed by atoms with Gasteiger partial charge in [-0.1, -0.05) is 0 Å². The summed E-state index contributed by atoms with van der Waals surface area (Å²) in [5, 5.41) is 8.73. The van der Waals surface area contributed by atoms with Crippen molar-refractivity contribution in [2.45, 2.75) is 64.4 Å². The van der Waals surface area contributed by atoms with Crippen LogP contribution in [0.25, 0.3) is 0 Å². The number of nitrogens with zero attached hydrogens (tertiary/aromatic N) is 1. The molecule has 2 unspecified atom stereocenters. The Morgan fingerprint density at radius 2 is 2.05 bits per heavy atom. The third-order valence-electron chi connectivity index (χ3n) is 4.64. The summed E-state index contributed by atoms with van der Waals surface area (Å²) in [6.07, 6.45) is 2.78. The van der Waals surface area contributed by atoms with Crippen molar-refractivity contribution in [2.24, 2.45) is 5.92 Å². The van der Waals surface area contributed by atoms with Gasteiger partial charge in [-0.25, -0.2) is 0 Å². The van der Waals surface area contributed by atoms with Crippen LogP contribution in [-0.4, -0.2) is 53.6 Å². The van der Waals surface area contributed by atoms with Crippen LogP contribution in [0.1, 0.15) is 46.5 Å². The second-order valence-corrected chi connectivity index (χ2v) is 6.40. The molecule has 0 spiro atoms. The van der Waals surface area contributed by atoms with Crippen LogP contribution in [0.4, 0.5) is 0 Å². The Morgan fingerprint density at radius 1 is 1.40 bits per heavy atom. The van der Waals surface area contributed by atoms with E-state index in [0.717, 1.165) is 25.9 Å². The number of hydrogen-bond acceptors (Lipinski definition) is 4. The number of likely N-dealkylation sites (tertiary alicyclic amines) is 1. The zero-order chi connectivity index (χ0) is 14.8. The summed E-state index contributed by atoms with van der Waals surface area (Å²) in [6.45, 7) is 9.17. The Hall–Kier alpha value is -0.650. The molecule has 0 aromatic rings. The number of carbonyl (C=O) groups is 1. The molecule has 2 aliphatic rings. The van der Waals surface area contributed by atoms with Crippen molar-refractivity contribution in [2.75, 3.05) is 19.7 Å². The van der Waals surface area contributed by atoms with Gasteiger partial charge in [0.05, 0.1) is 12.7 Å². The predicted octanol–water partition coefficient (Wildman–Crippen LogP) is 2.10. The lowest BCUT2D eigenvalue weighted by Crippen LogP contribution is -2.46. The minimum Gasteiger partial charge on any atom is -0.481 e. The predicted molar refractivity (Wildman–Crippen MR) is 75.5 cm³/mol. The normalized spacial score (nSPS) is 32.9. The molecule has 0 aliphatic carbocycles. The van der Waals surface area contributed by atoms with Gasteiger partial charge in [0.15, 0.2) is 5.79 Å². The first-order valence-corrected chi connectivity index (χ1v) is 7.68. The Labute approximate surface area is 121 Å². The molecule has 5 heteroatoms. The van der Waals surface area contributed by atoms with E-state index in [1.807, 2.05) is 6.92 Å². The lowest BCUT2D eigenvalue weighted by molar-refractivity contribution is -0.201. The van der Waals surface area contributed by atoms with E-state index in [9.17, 15) is 4.79 Å². The number of ether oxygens (including phenoxy) is 2. The van der Waals surface area contributed by atoms with E-state index >= 15 is 0 Å². The third kappa shape index (κ3) is 3.71. The molecular formula is C15H27NO4. The summed E-state index contributed by atoms with van der Waals surface area (Å²) < 4.78 is 11.9. The molecule has 2 saturated heterocycles. The van der Waals surface area contributed by atoms with Crippen molar-refractivity contribution < 1.29 is 19.4 Å². The molecule has 5 nitrogen and oxygen atoms in total. The standard InChI is InChI=1S/C15H27NO4/c1-11(2)16-8-6-12(7-9-16)15(3)19-10-13(20-15)4-5-14(17)18/h11-13H,4-10H2,1-3H3,(H,17,18). The molecule has 2 heterocycles. The van der Waals surface area contributed by atoms with E-state index < -0.39 is 11.8 Å². The van der Waals surface area contributed by atoms with Gasteiger partial charge in [0, 0.05) is 18.4 Å². The van der Waals surface area contributed by atoms with E-state index in [1.54, 1.807) is 0 Å². The number of carboxylic acid groups (broad SMARTS) is 1. The van der Waals surface area contributed by atoms with Crippen LogP contribution in [0.2, 0.25) is 0 Å². The first-order chi connectivity index (χ1) is 9.40. The SMILES string of the molecule is CC(C)N1CCC(C2(C)OCC(CCC(=O)O)O2)CC1. The summed E-state index contributed by atoms with van der Waals surface area (Å²) >= 11 is 0. The molecule has 0 amide bonds. The zero-order valence-electron chi connectivity index (χ0n) is 12.8. The summed E-state index contributed by atoms with van der Waals surface area (Å²) in [5.74, 6) is -0.883. The fourth-order valence-corrected chi connectivity index (χ4v) is 3.24. The molecule has 0 bridgehead atoms. The Kier molecular flexibility index (Phi) is 5.04. The van der Waals surface area contributed by atoms with Crippen LogP contribution in [0.3, 0.4) is 0 Å². The number of carboxylic acids is 1. The highest BCUT2D eigenvalue weighted by molar-refractivity contribution is 5.66. The quantitative estimate of drug-likeness (QED) is 0.838. The van der Waals surface area contributed by atoms with E-state index in [2.05, 4.69) is 18.7 Å². The first-order valence-electron chi connectivity index (χ1n) is 7.68. The molecule has 0 aromatic carbocycles. The number of aliphatic carboxylic acids is 1. The molecule has 1 N–H and O–H groups in total. The van der Waals surface area contributed by atoms with E-state index in [-0.39, 0.29) is 12.5 Å². The summed E-state index contributed by atoms with van der Waals surface area (Å²) in [5.41, 5.74) is 0. The molecule has 0 aromatic heterocycles. The number of piperidine rings is 1. The average molecular weight is 285 g/mol. The third-order valence-corrected chi connectivity index (χ3v) is 4.64. The molecule has 2 rings (SSSR count). The molecule has 20 heavy (non-hydrogen) atoms. The van der Waals surface area contributed by atoms with Gasteiger partial charge in [-0.05, 0) is 53.1 Å². The van der Waals surface area contributed by atoms with Gasteiger partial charge in [-0.2, -0.15) is 0 Å². The molecule has 0 radical (unpaired) electrons. The van der Waals surface area contributed by atoms with Gasteiger partial charge in [0.25, 0.3) is 0 Å². The minimum atomic E-state index is -0.771. The summed E-state index contributed by atoms with van der Waals surface area (Å²) in [4.78, 5) is 13.1. The smallest absolute Gasteiger partial charge is 0.303 e. The van der Waals surface area contributed by atoms with Crippen LogP contribution in [0.5, 0.6) is 0 Å². The highest BCUT2D eigenvalue weighted by Gasteiger charge is 2.44. The van der Waals surface area contributed by atoms with Gasteiger partial charge in [-0.15, -0.1) is 0 Å². The van der Waals surface area contributed by atoms with Crippen molar-refractivity contribution in [1.82, 2.24) is 4.90 Å². The zero-order valence-corrected chi connectivity index (χ0v) is 12.8. The monoisotopic (exact) mass is 285 g/mol. The maximum absolute atomic E-state index is 10.6. The molecule has 2 aliphatic heterocycles. The van der Waals surface area contributed by atoms with Crippen molar-refractivity contribution >= 4 is 5.97 Å². The molecule has 2 fully saturated rings. The van der Waals surface area contributed by atoms with Crippen LogP contribution in [-0.2, 0) is 14.3 Å². The fourth-order valence-electron chi connectivity index (χ4n) is 3.24. The van der Waals surface area contributed by atoms with Crippen LogP contribution >= 0.6 is 0 Å². The lowest BCUT2D eigenvalue weighted by Gasteiger charge is -2.40. The van der Waals surface area contributed by atoms with Crippen LogP contribution in [0.15, 0.2) is 0 Å². The van der Waals surface area contributed by atoms with Gasteiger partial charge >= 0.3 is 5.97 Å². The molecule has 0 saturated carbocycles.